The lowest BCUT2D eigenvalue weighted by atomic mass is 9.33. The molecule has 1 fully saturated rings. The molecule has 0 radical (unpaired) electrons. The number of furan rings is 1. The van der Waals surface area contributed by atoms with Gasteiger partial charge in [-0.1, -0.05) is 116 Å². The van der Waals surface area contributed by atoms with Crippen LogP contribution in [0.4, 0.5) is 22.7 Å². The van der Waals surface area contributed by atoms with Crippen LogP contribution in [-0.4, -0.2) is 17.4 Å². The Morgan fingerprint density at radius 1 is 0.741 bits per heavy atom. The van der Waals surface area contributed by atoms with Gasteiger partial charge in [-0.3, -0.25) is 0 Å². The molecule has 5 heterocycles. The van der Waals surface area contributed by atoms with E-state index in [-0.39, 0.29) is 45.1 Å². The Kier molecular flexibility index (Phi) is 7.04. The Labute approximate surface area is 354 Å². The van der Waals surface area contributed by atoms with Crippen LogP contribution in [0.25, 0.3) is 21.9 Å². The maximum atomic E-state index is 7.48. The fourth-order valence-corrected chi connectivity index (χ4v) is 14.7. The van der Waals surface area contributed by atoms with E-state index in [0.29, 0.717) is 0 Å². The van der Waals surface area contributed by atoms with Crippen molar-refractivity contribution < 1.29 is 4.42 Å². The minimum absolute atomic E-state index is 0.0222. The zero-order valence-electron chi connectivity index (χ0n) is 35.6. The normalized spacial score (nSPS) is 27.0. The Morgan fingerprint density at radius 2 is 1.45 bits per heavy atom. The molecule has 0 N–H and O–H groups in total. The topological polar surface area (TPSA) is 19.6 Å². The van der Waals surface area contributed by atoms with Crippen molar-refractivity contribution in [3.63, 3.8) is 0 Å². The second-order valence-electron chi connectivity index (χ2n) is 21.6. The molecule has 294 valence electrons. The molecule has 5 aromatic carbocycles. The number of anilines is 4. The number of fused-ring (bicyclic) bond motifs is 13. The summed E-state index contributed by atoms with van der Waals surface area (Å²) >= 11 is 9.64. The molecular weight excluding hydrogens is 747 g/mol. The summed E-state index contributed by atoms with van der Waals surface area (Å²) in [5.41, 5.74) is 18.0. The van der Waals surface area contributed by atoms with Gasteiger partial charge in [0, 0.05) is 54.0 Å². The second kappa shape index (κ2) is 11.3. The van der Waals surface area contributed by atoms with E-state index in [0.717, 1.165) is 27.0 Å². The molecule has 6 heteroatoms. The lowest BCUT2D eigenvalue weighted by Crippen LogP contribution is -2.65. The third kappa shape index (κ3) is 4.46. The van der Waals surface area contributed by atoms with E-state index >= 15 is 0 Å². The quantitative estimate of drug-likeness (QED) is 0.154. The number of para-hydroxylation sites is 1. The monoisotopic (exact) mass is 800 g/mol. The van der Waals surface area contributed by atoms with Crippen molar-refractivity contribution in [3.05, 3.63) is 112 Å². The molecule has 0 amide bonds. The first-order valence-corrected chi connectivity index (χ1v) is 23.1. The van der Waals surface area contributed by atoms with E-state index in [1.807, 2.05) is 0 Å². The number of nitrogens with zero attached hydrogens (tertiary/aromatic N) is 2. The second-order valence-corrected chi connectivity index (χ2v) is 23.2. The summed E-state index contributed by atoms with van der Waals surface area (Å²) in [5, 5.41) is 3.40. The molecule has 3 nitrogen and oxygen atoms in total. The highest BCUT2D eigenvalue weighted by atomic mass is 35.5. The van der Waals surface area contributed by atoms with Gasteiger partial charge in [-0.05, 0) is 130 Å². The molecule has 6 aromatic rings. The summed E-state index contributed by atoms with van der Waals surface area (Å²) in [6, 6.07) is 30.8. The SMILES string of the molecule is CC(C)(C)c1cc2c3c(c1)C1(C)CCCCC1(C)N3c1cc(Cl)cc3c1B2C1Sc2cc4c(cc2C1N3c1ccc2oc3ccccc3c2c1)C(C)(C)CCC4(C)C. The first kappa shape index (κ1) is 36.1. The summed E-state index contributed by atoms with van der Waals surface area (Å²) in [6.45, 7) is 22.5. The molecule has 1 aromatic heterocycles. The van der Waals surface area contributed by atoms with Crippen molar-refractivity contribution in [1.82, 2.24) is 0 Å². The summed E-state index contributed by atoms with van der Waals surface area (Å²) in [4.78, 5) is 7.00. The van der Waals surface area contributed by atoms with E-state index in [1.165, 1.54) is 93.8 Å². The molecule has 0 spiro atoms. The van der Waals surface area contributed by atoms with E-state index in [9.17, 15) is 0 Å². The Balaban J connectivity index is 1.19. The predicted molar refractivity (Wildman–Crippen MR) is 248 cm³/mol. The van der Waals surface area contributed by atoms with E-state index in [2.05, 4.69) is 163 Å². The Bertz CT molecular complexity index is 2810. The fraction of sp³-hybridized carbons (Fsp3) is 0.423. The highest BCUT2D eigenvalue weighted by Crippen LogP contribution is 2.65. The summed E-state index contributed by atoms with van der Waals surface area (Å²) in [5.74, 6) is 0. The van der Waals surface area contributed by atoms with Crippen molar-refractivity contribution in [2.75, 3.05) is 9.80 Å². The summed E-state index contributed by atoms with van der Waals surface area (Å²) in [7, 11) is 0. The number of hydrogen-bond acceptors (Lipinski definition) is 4. The van der Waals surface area contributed by atoms with Crippen molar-refractivity contribution in [2.24, 2.45) is 0 Å². The Hall–Kier alpha value is -3.80. The van der Waals surface area contributed by atoms with Gasteiger partial charge in [0.15, 0.2) is 0 Å². The summed E-state index contributed by atoms with van der Waals surface area (Å²) < 4.78 is 6.43. The average molecular weight is 801 g/mol. The zero-order chi connectivity index (χ0) is 40.1. The third-order valence-corrected chi connectivity index (χ3v) is 18.1. The number of halogens is 1. The minimum atomic E-state index is -0.0550. The molecular formula is C52H54BClN2OS. The van der Waals surface area contributed by atoms with Gasteiger partial charge in [0.1, 0.15) is 11.2 Å². The number of benzene rings is 5. The van der Waals surface area contributed by atoms with Gasteiger partial charge in [-0.2, -0.15) is 0 Å². The zero-order valence-corrected chi connectivity index (χ0v) is 37.1. The largest absolute Gasteiger partial charge is 0.456 e. The van der Waals surface area contributed by atoms with Crippen LogP contribution < -0.4 is 20.7 Å². The first-order chi connectivity index (χ1) is 27.5. The maximum Gasteiger partial charge on any atom is 0.233 e. The minimum Gasteiger partial charge on any atom is -0.456 e. The molecule has 12 rings (SSSR count). The molecule has 4 atom stereocenters. The standard InChI is InChI=1S/C52H54BClN2OS/c1-48(2,3)29-22-37-46-38(23-29)53-44-39(24-30(54)25-40(44)56(46)52(9)19-13-12-18-51(37,52)8)55(31-16-17-42-33(26-31)32-14-10-11-15-41(32)57-42)45-34-27-35-36(28-43(34)58-47(45)53)50(6,7)21-20-49(35,4)5/h10-11,14-17,22-28,45,47H,12-13,18-21H2,1-9H3. The maximum absolute atomic E-state index is 7.48. The highest BCUT2D eigenvalue weighted by molar-refractivity contribution is 8.02. The molecule has 0 saturated heterocycles. The van der Waals surface area contributed by atoms with Gasteiger partial charge < -0.3 is 14.2 Å². The van der Waals surface area contributed by atoms with Crippen molar-refractivity contribution >= 4 is 85.7 Å². The number of thioether (sulfide) groups is 1. The van der Waals surface area contributed by atoms with Gasteiger partial charge in [-0.25, -0.2) is 0 Å². The molecule has 58 heavy (non-hydrogen) atoms. The molecule has 4 unspecified atom stereocenters. The van der Waals surface area contributed by atoms with Crippen LogP contribution in [0.3, 0.4) is 0 Å². The number of hydrogen-bond donors (Lipinski definition) is 0. The molecule has 0 bridgehead atoms. The van der Waals surface area contributed by atoms with Crippen LogP contribution >= 0.6 is 23.4 Å². The smallest absolute Gasteiger partial charge is 0.233 e. The highest BCUT2D eigenvalue weighted by Gasteiger charge is 2.63. The molecule has 4 aliphatic heterocycles. The predicted octanol–water partition coefficient (Wildman–Crippen LogP) is 13.5. The van der Waals surface area contributed by atoms with Crippen LogP contribution in [-0.2, 0) is 21.7 Å². The Morgan fingerprint density at radius 3 is 2.22 bits per heavy atom. The third-order valence-electron chi connectivity index (χ3n) is 16.5. The van der Waals surface area contributed by atoms with Crippen LogP contribution in [0.2, 0.25) is 5.02 Å². The van der Waals surface area contributed by atoms with E-state index < -0.39 is 0 Å². The lowest BCUT2D eigenvalue weighted by molar-refractivity contribution is 0.195. The van der Waals surface area contributed by atoms with Gasteiger partial charge in [0.05, 0.1) is 11.6 Å². The van der Waals surface area contributed by atoms with Crippen LogP contribution in [0.1, 0.15) is 135 Å². The number of rotatable bonds is 1. The first-order valence-electron chi connectivity index (χ1n) is 21.9. The van der Waals surface area contributed by atoms with Crippen LogP contribution in [0.15, 0.2) is 88.2 Å². The van der Waals surface area contributed by atoms with Crippen molar-refractivity contribution in [1.29, 1.82) is 0 Å². The van der Waals surface area contributed by atoms with Gasteiger partial charge >= 0.3 is 0 Å². The molecule has 2 aliphatic carbocycles. The van der Waals surface area contributed by atoms with Crippen LogP contribution in [0.5, 0.6) is 0 Å². The van der Waals surface area contributed by atoms with Gasteiger partial charge in [0.25, 0.3) is 0 Å². The van der Waals surface area contributed by atoms with Crippen molar-refractivity contribution in [3.8, 4) is 0 Å². The fourth-order valence-electron chi connectivity index (χ4n) is 12.9. The molecule has 6 aliphatic rings. The van der Waals surface area contributed by atoms with Crippen molar-refractivity contribution in [2.45, 2.75) is 144 Å². The van der Waals surface area contributed by atoms with Gasteiger partial charge in [0.2, 0.25) is 6.71 Å². The molecule has 1 saturated carbocycles. The van der Waals surface area contributed by atoms with Crippen LogP contribution in [0, 0.1) is 0 Å². The van der Waals surface area contributed by atoms with Gasteiger partial charge in [-0.15, -0.1) is 11.8 Å². The summed E-state index contributed by atoms with van der Waals surface area (Å²) in [6.07, 6.45) is 7.32. The average Bonchev–Trinajstić information content (AvgIpc) is 3.80. The van der Waals surface area contributed by atoms with E-state index in [1.54, 1.807) is 11.1 Å². The van der Waals surface area contributed by atoms with E-state index in [4.69, 9.17) is 16.0 Å². The lowest BCUT2D eigenvalue weighted by Gasteiger charge is -2.54.